The van der Waals surface area contributed by atoms with E-state index in [2.05, 4.69) is 66.0 Å². The van der Waals surface area contributed by atoms with Crippen LogP contribution in [0.5, 0.6) is 0 Å². The first kappa shape index (κ1) is 22.3. The van der Waals surface area contributed by atoms with Crippen LogP contribution in [0.25, 0.3) is 0 Å². The van der Waals surface area contributed by atoms with Crippen LogP contribution in [0.4, 0.5) is 0 Å². The first-order chi connectivity index (χ1) is 16.6. The van der Waals surface area contributed by atoms with Gasteiger partial charge >= 0.3 is 0 Å². The molecule has 0 aromatic heterocycles. The maximum atomic E-state index is 14.0. The van der Waals surface area contributed by atoms with Gasteiger partial charge in [0.05, 0.1) is 5.41 Å². The van der Waals surface area contributed by atoms with E-state index in [1.54, 1.807) is 0 Å². The molecule has 3 heteroatoms. The smallest absolute Gasteiger partial charge is 0.226 e. The molecule has 7 rings (SSSR count). The minimum Gasteiger partial charge on any atom is -0.353 e. The molecule has 5 fully saturated rings. The van der Waals surface area contributed by atoms with Crippen molar-refractivity contribution in [2.75, 3.05) is 0 Å². The minimum atomic E-state index is -0.176. The Labute approximate surface area is 204 Å². The summed E-state index contributed by atoms with van der Waals surface area (Å²) in [6.07, 6.45) is 12.4. The van der Waals surface area contributed by atoms with Crippen LogP contribution in [-0.2, 0) is 16.6 Å². The van der Waals surface area contributed by atoms with Crippen molar-refractivity contribution in [1.29, 1.82) is 0 Å². The Kier molecular flexibility index (Phi) is 5.80. The molecule has 5 saturated carbocycles. The highest BCUT2D eigenvalue weighted by molar-refractivity contribution is 5.84. The first-order valence-corrected chi connectivity index (χ1v) is 13.7. The van der Waals surface area contributed by atoms with Crippen LogP contribution in [-0.4, -0.2) is 18.0 Å². The second-order valence-electron chi connectivity index (χ2n) is 12.2. The van der Waals surface area contributed by atoms with Gasteiger partial charge in [-0.25, -0.2) is 0 Å². The topological polar surface area (TPSA) is 55.1 Å². The van der Waals surface area contributed by atoms with E-state index < -0.39 is 0 Å². The quantitative estimate of drug-likeness (QED) is 0.580. The van der Waals surface area contributed by atoms with E-state index in [1.807, 2.05) is 0 Å². The van der Waals surface area contributed by atoms with Gasteiger partial charge in [-0.2, -0.15) is 0 Å². The molecule has 5 aliphatic carbocycles. The largest absolute Gasteiger partial charge is 0.353 e. The fourth-order valence-corrected chi connectivity index (χ4v) is 8.69. The van der Waals surface area contributed by atoms with Gasteiger partial charge in [0.25, 0.3) is 0 Å². The van der Waals surface area contributed by atoms with Crippen molar-refractivity contribution < 1.29 is 4.79 Å². The molecule has 180 valence electrons. The summed E-state index contributed by atoms with van der Waals surface area (Å²) in [7, 11) is 0. The molecule has 3 nitrogen and oxygen atoms in total. The predicted octanol–water partition coefficient (Wildman–Crippen LogP) is 5.77. The average molecular weight is 457 g/mol. The molecule has 2 atom stereocenters. The zero-order chi connectivity index (χ0) is 23.2. The lowest BCUT2D eigenvalue weighted by Gasteiger charge is -2.64. The third-order valence-corrected chi connectivity index (χ3v) is 10.1. The second kappa shape index (κ2) is 8.82. The van der Waals surface area contributed by atoms with Gasteiger partial charge in [0.2, 0.25) is 5.91 Å². The van der Waals surface area contributed by atoms with E-state index in [4.69, 9.17) is 5.73 Å². The molecule has 2 aromatic carbocycles. The number of aryl methyl sites for hydroxylation is 1. The molecule has 2 aromatic rings. The van der Waals surface area contributed by atoms with E-state index in [1.165, 1.54) is 36.8 Å². The van der Waals surface area contributed by atoms with Crippen LogP contribution in [0.2, 0.25) is 0 Å². The number of nitrogens with one attached hydrogen (secondary N) is 1. The number of rotatable bonds is 6. The number of nitrogens with two attached hydrogens (primary N) is 1. The van der Waals surface area contributed by atoms with Crippen LogP contribution in [0, 0.1) is 23.2 Å². The molecular formula is C31H40N2O. The van der Waals surface area contributed by atoms with Crippen LogP contribution < -0.4 is 11.1 Å². The summed E-state index contributed by atoms with van der Waals surface area (Å²) >= 11 is 0. The normalized spacial score (nSPS) is 38.6. The third kappa shape index (κ3) is 4.00. The molecule has 3 N–H and O–H groups in total. The summed E-state index contributed by atoms with van der Waals surface area (Å²) in [5.41, 5.74) is 9.07. The number of hydrogen-bond acceptors (Lipinski definition) is 2. The minimum absolute atomic E-state index is 0.176. The standard InChI is InChI=1S/C31H40N2O/c32-26-12-14-27(15-13-26)33-29(34)31-19-23-17-30(21-31,25-9-5-2-6-10-25)18-24(20-31)28(23)16-11-22-7-3-1-4-8-22/h1-10,23-24,26-28H,11-21,32H2,(H,33,34). The van der Waals surface area contributed by atoms with Crippen molar-refractivity contribution in [1.82, 2.24) is 5.32 Å². The molecule has 0 radical (unpaired) electrons. The number of benzene rings is 2. The van der Waals surface area contributed by atoms with Crippen molar-refractivity contribution in [3.05, 3.63) is 71.8 Å². The molecule has 0 aliphatic heterocycles. The summed E-state index contributed by atoms with van der Waals surface area (Å²) < 4.78 is 0. The van der Waals surface area contributed by atoms with Crippen LogP contribution in [0.3, 0.4) is 0 Å². The van der Waals surface area contributed by atoms with Crippen molar-refractivity contribution in [3.63, 3.8) is 0 Å². The van der Waals surface area contributed by atoms with Crippen LogP contribution >= 0.6 is 0 Å². The van der Waals surface area contributed by atoms with Gasteiger partial charge in [0.1, 0.15) is 0 Å². The third-order valence-electron chi connectivity index (χ3n) is 10.1. The molecule has 2 unspecified atom stereocenters. The number of hydrogen-bond donors (Lipinski definition) is 2. The second-order valence-corrected chi connectivity index (χ2v) is 12.2. The monoisotopic (exact) mass is 456 g/mol. The average Bonchev–Trinajstić information content (AvgIpc) is 2.86. The van der Waals surface area contributed by atoms with E-state index in [0.29, 0.717) is 29.8 Å². The van der Waals surface area contributed by atoms with Crippen LogP contribution in [0.15, 0.2) is 60.7 Å². The van der Waals surface area contributed by atoms with Gasteiger partial charge in [0.15, 0.2) is 0 Å². The Morgan fingerprint density at radius 2 is 1.47 bits per heavy atom. The Balaban J connectivity index is 1.25. The number of carbonyl (C=O) groups is 1. The molecular weight excluding hydrogens is 416 g/mol. The predicted molar refractivity (Wildman–Crippen MR) is 137 cm³/mol. The summed E-state index contributed by atoms with van der Waals surface area (Å²) in [6, 6.07) is 22.8. The lowest BCUT2D eigenvalue weighted by atomic mass is 9.39. The Bertz CT molecular complexity index is 979. The first-order valence-electron chi connectivity index (χ1n) is 13.7. The number of carbonyl (C=O) groups excluding carboxylic acids is 1. The van der Waals surface area contributed by atoms with Gasteiger partial charge in [-0.15, -0.1) is 0 Å². The molecule has 0 saturated heterocycles. The Hall–Kier alpha value is -2.13. The summed E-state index contributed by atoms with van der Waals surface area (Å²) in [6.45, 7) is 0. The lowest BCUT2D eigenvalue weighted by Crippen LogP contribution is -2.62. The summed E-state index contributed by atoms with van der Waals surface area (Å²) in [4.78, 5) is 14.0. The fourth-order valence-electron chi connectivity index (χ4n) is 8.69. The molecule has 0 spiro atoms. The molecule has 4 bridgehead atoms. The van der Waals surface area contributed by atoms with E-state index in [9.17, 15) is 4.79 Å². The maximum Gasteiger partial charge on any atom is 0.226 e. The van der Waals surface area contributed by atoms with Crippen molar-refractivity contribution in [2.24, 2.45) is 28.9 Å². The summed E-state index contributed by atoms with van der Waals surface area (Å²) in [5.74, 6) is 2.45. The van der Waals surface area contributed by atoms with Crippen molar-refractivity contribution >= 4 is 5.91 Å². The van der Waals surface area contributed by atoms with Gasteiger partial charge in [0, 0.05) is 12.1 Å². The van der Waals surface area contributed by atoms with Gasteiger partial charge < -0.3 is 11.1 Å². The SMILES string of the molecule is NC1CCC(NC(=O)C23CC4CC(c5ccccc5)(CC(C2)C4CCc2ccccc2)C3)CC1. The highest BCUT2D eigenvalue weighted by Crippen LogP contribution is 2.68. The molecule has 5 aliphatic rings. The lowest BCUT2D eigenvalue weighted by molar-refractivity contribution is -0.158. The Morgan fingerprint density at radius 1 is 0.853 bits per heavy atom. The van der Waals surface area contributed by atoms with Crippen molar-refractivity contribution in [3.8, 4) is 0 Å². The molecule has 1 amide bonds. The maximum absolute atomic E-state index is 14.0. The fraction of sp³-hybridized carbons (Fsp3) is 0.581. The van der Waals surface area contributed by atoms with E-state index >= 15 is 0 Å². The highest BCUT2D eigenvalue weighted by Gasteiger charge is 2.63. The Morgan fingerprint density at radius 3 is 2.12 bits per heavy atom. The van der Waals surface area contributed by atoms with Crippen LogP contribution in [0.1, 0.15) is 75.3 Å². The molecule has 0 heterocycles. The van der Waals surface area contributed by atoms with Crippen molar-refractivity contribution in [2.45, 2.75) is 88.1 Å². The number of amides is 1. The molecule has 34 heavy (non-hydrogen) atoms. The zero-order valence-electron chi connectivity index (χ0n) is 20.4. The van der Waals surface area contributed by atoms with E-state index in [0.717, 1.165) is 50.9 Å². The van der Waals surface area contributed by atoms with E-state index in [-0.39, 0.29) is 10.8 Å². The highest BCUT2D eigenvalue weighted by atomic mass is 16.2. The van der Waals surface area contributed by atoms with Gasteiger partial charge in [-0.3, -0.25) is 4.79 Å². The van der Waals surface area contributed by atoms with Gasteiger partial charge in [-0.05, 0) is 105 Å². The zero-order valence-corrected chi connectivity index (χ0v) is 20.4. The summed E-state index contributed by atoms with van der Waals surface area (Å²) in [5, 5.41) is 3.54. The van der Waals surface area contributed by atoms with Gasteiger partial charge in [-0.1, -0.05) is 60.7 Å².